The molecule has 128 valence electrons. The van der Waals surface area contributed by atoms with Crippen molar-refractivity contribution in [1.29, 1.82) is 0 Å². The molecule has 2 aromatic rings. The van der Waals surface area contributed by atoms with Crippen LogP contribution in [0.15, 0.2) is 40.7 Å². The molecule has 0 amide bonds. The van der Waals surface area contributed by atoms with Gasteiger partial charge in [0.15, 0.2) is 5.96 Å². The van der Waals surface area contributed by atoms with E-state index in [1.165, 1.54) is 25.3 Å². The third kappa shape index (κ3) is 4.99. The van der Waals surface area contributed by atoms with Gasteiger partial charge in [-0.1, -0.05) is 6.07 Å². The molecule has 24 heavy (non-hydrogen) atoms. The number of nitrogens with one attached hydrogen (secondary N) is 2. The van der Waals surface area contributed by atoms with Gasteiger partial charge in [0.25, 0.3) is 0 Å². The number of hydrogen-bond donors (Lipinski definition) is 3. The van der Waals surface area contributed by atoms with Gasteiger partial charge in [-0.25, -0.2) is 9.79 Å². The minimum absolute atomic E-state index is 0.0250. The number of rotatable bonds is 5. The van der Waals surface area contributed by atoms with Crippen LogP contribution in [0, 0.1) is 0 Å². The second kappa shape index (κ2) is 8.35. The maximum Gasteiger partial charge on any atom is 0.337 e. The number of esters is 1. The molecule has 1 aromatic carbocycles. The molecule has 0 unspecified atom stereocenters. The molecule has 0 aliphatic carbocycles. The van der Waals surface area contributed by atoms with Crippen molar-refractivity contribution in [2.24, 2.45) is 4.99 Å². The van der Waals surface area contributed by atoms with Gasteiger partial charge < -0.3 is 20.5 Å². The quantitative estimate of drug-likeness (QED) is 0.335. The predicted octanol–water partition coefficient (Wildman–Crippen LogP) is 3.21. The summed E-state index contributed by atoms with van der Waals surface area (Å²) >= 11 is 1.63. The van der Waals surface area contributed by atoms with Crippen LogP contribution in [-0.4, -0.2) is 30.2 Å². The molecule has 0 radical (unpaired) electrons. The molecule has 0 saturated heterocycles. The van der Waals surface area contributed by atoms with E-state index in [4.69, 9.17) is 4.74 Å². The molecular formula is C17H21N3O3S. The minimum Gasteiger partial charge on any atom is -0.506 e. The Labute approximate surface area is 145 Å². The molecule has 0 aliphatic rings. The number of guanidine groups is 1. The van der Waals surface area contributed by atoms with Crippen LogP contribution in [-0.2, 0) is 11.3 Å². The van der Waals surface area contributed by atoms with Gasteiger partial charge in [-0.2, -0.15) is 0 Å². The summed E-state index contributed by atoms with van der Waals surface area (Å²) in [4.78, 5) is 17.3. The second-order valence-electron chi connectivity index (χ2n) is 5.39. The third-order valence-corrected chi connectivity index (χ3v) is 3.93. The summed E-state index contributed by atoms with van der Waals surface area (Å²) in [6, 6.07) is 8.63. The molecule has 3 N–H and O–H groups in total. The van der Waals surface area contributed by atoms with Gasteiger partial charge in [0, 0.05) is 10.9 Å². The first kappa shape index (κ1) is 17.8. The highest BCUT2D eigenvalue weighted by Crippen LogP contribution is 2.24. The topological polar surface area (TPSA) is 83.0 Å². The Balaban J connectivity index is 2.22. The van der Waals surface area contributed by atoms with E-state index in [-0.39, 0.29) is 11.8 Å². The van der Waals surface area contributed by atoms with Crippen LogP contribution >= 0.6 is 11.3 Å². The molecular weight excluding hydrogens is 326 g/mol. The zero-order chi connectivity index (χ0) is 17.5. The van der Waals surface area contributed by atoms with E-state index >= 15 is 0 Å². The molecule has 0 bridgehead atoms. The Kier molecular flexibility index (Phi) is 6.20. The van der Waals surface area contributed by atoms with E-state index in [1.54, 1.807) is 11.3 Å². The lowest BCUT2D eigenvalue weighted by Gasteiger charge is -2.16. The molecule has 0 fully saturated rings. The number of phenols is 1. The Morgan fingerprint density at radius 1 is 1.38 bits per heavy atom. The molecule has 0 atom stereocenters. The van der Waals surface area contributed by atoms with Crippen molar-refractivity contribution >= 4 is 29.0 Å². The van der Waals surface area contributed by atoms with Crippen LogP contribution in [0.5, 0.6) is 5.75 Å². The average Bonchev–Trinajstić information content (AvgIpc) is 3.06. The van der Waals surface area contributed by atoms with Crippen molar-refractivity contribution in [2.75, 3.05) is 12.4 Å². The fourth-order valence-electron chi connectivity index (χ4n) is 1.96. The van der Waals surface area contributed by atoms with Crippen molar-refractivity contribution in [3.63, 3.8) is 0 Å². The second-order valence-corrected chi connectivity index (χ2v) is 6.42. The summed E-state index contributed by atoms with van der Waals surface area (Å²) < 4.78 is 4.70. The van der Waals surface area contributed by atoms with Crippen LogP contribution in [0.3, 0.4) is 0 Å². The molecule has 0 saturated carbocycles. The van der Waals surface area contributed by atoms with Crippen LogP contribution < -0.4 is 10.6 Å². The van der Waals surface area contributed by atoms with Crippen LogP contribution in [0.1, 0.15) is 29.1 Å². The van der Waals surface area contributed by atoms with E-state index in [2.05, 4.69) is 15.6 Å². The zero-order valence-corrected chi connectivity index (χ0v) is 14.7. The van der Waals surface area contributed by atoms with E-state index < -0.39 is 5.97 Å². The number of ether oxygens (including phenoxy) is 1. The van der Waals surface area contributed by atoms with Gasteiger partial charge in [-0.15, -0.1) is 11.3 Å². The van der Waals surface area contributed by atoms with E-state index in [9.17, 15) is 9.90 Å². The fraction of sp³-hybridized carbons (Fsp3) is 0.294. The maximum atomic E-state index is 11.6. The number of anilines is 1. The lowest BCUT2D eigenvalue weighted by molar-refractivity contribution is 0.0601. The van der Waals surface area contributed by atoms with Gasteiger partial charge in [-0.05, 0) is 43.5 Å². The van der Waals surface area contributed by atoms with Gasteiger partial charge in [0.2, 0.25) is 0 Å². The number of carbonyl (C=O) groups excluding carboxylic acids is 1. The zero-order valence-electron chi connectivity index (χ0n) is 13.9. The summed E-state index contributed by atoms with van der Waals surface area (Å²) in [7, 11) is 1.32. The third-order valence-electron chi connectivity index (χ3n) is 3.07. The lowest BCUT2D eigenvalue weighted by Crippen LogP contribution is -2.36. The Morgan fingerprint density at radius 3 is 2.79 bits per heavy atom. The number of nitrogens with zero attached hydrogens (tertiary/aromatic N) is 1. The normalized spacial score (nSPS) is 11.4. The first-order valence-electron chi connectivity index (χ1n) is 7.51. The Bertz CT molecular complexity index is 712. The van der Waals surface area contributed by atoms with Gasteiger partial charge in [0.05, 0.1) is 24.9 Å². The SMILES string of the molecule is COC(=O)c1ccc(O)c(NC(=NCc2cccs2)NC(C)C)c1. The lowest BCUT2D eigenvalue weighted by atomic mass is 10.2. The molecule has 0 aliphatic heterocycles. The van der Waals surface area contributed by atoms with Crippen molar-refractivity contribution in [1.82, 2.24) is 5.32 Å². The van der Waals surface area contributed by atoms with Crippen molar-refractivity contribution < 1.29 is 14.6 Å². The maximum absolute atomic E-state index is 11.6. The number of hydrogen-bond acceptors (Lipinski definition) is 5. The number of phenolic OH excluding ortho intramolecular Hbond substituents is 1. The van der Waals surface area contributed by atoms with Gasteiger partial charge >= 0.3 is 5.97 Å². The van der Waals surface area contributed by atoms with E-state index in [0.29, 0.717) is 23.8 Å². The predicted molar refractivity (Wildman–Crippen MR) is 96.8 cm³/mol. The monoisotopic (exact) mass is 347 g/mol. The molecule has 6 nitrogen and oxygen atoms in total. The number of carbonyl (C=O) groups is 1. The Hall–Kier alpha value is -2.54. The van der Waals surface area contributed by atoms with Crippen molar-refractivity contribution in [3.8, 4) is 5.75 Å². The van der Waals surface area contributed by atoms with E-state index in [1.807, 2.05) is 31.4 Å². The molecule has 2 rings (SSSR count). The van der Waals surface area contributed by atoms with Crippen LogP contribution in [0.2, 0.25) is 0 Å². The molecule has 7 heteroatoms. The largest absolute Gasteiger partial charge is 0.506 e. The van der Waals surface area contributed by atoms with E-state index in [0.717, 1.165) is 4.88 Å². The standard InChI is InChI=1S/C17H21N3O3S/c1-11(2)19-17(18-10-13-5-4-8-24-13)20-14-9-12(16(22)23-3)6-7-15(14)21/h4-9,11,21H,10H2,1-3H3,(H2,18,19,20). The molecule has 0 spiro atoms. The van der Waals surface area contributed by atoms with Crippen molar-refractivity contribution in [3.05, 3.63) is 46.2 Å². The minimum atomic E-state index is -0.466. The summed E-state index contributed by atoms with van der Waals surface area (Å²) in [6.45, 7) is 4.51. The van der Waals surface area contributed by atoms with Crippen LogP contribution in [0.4, 0.5) is 5.69 Å². The highest BCUT2D eigenvalue weighted by molar-refractivity contribution is 7.09. The highest BCUT2D eigenvalue weighted by Gasteiger charge is 2.11. The summed E-state index contributed by atoms with van der Waals surface area (Å²) in [5.74, 6) is 0.0830. The van der Waals surface area contributed by atoms with Gasteiger partial charge in [-0.3, -0.25) is 0 Å². The highest BCUT2D eigenvalue weighted by atomic mass is 32.1. The van der Waals surface area contributed by atoms with Gasteiger partial charge in [0.1, 0.15) is 5.75 Å². The first-order chi connectivity index (χ1) is 11.5. The van der Waals surface area contributed by atoms with Crippen LogP contribution in [0.25, 0.3) is 0 Å². The van der Waals surface area contributed by atoms with Crippen molar-refractivity contribution in [2.45, 2.75) is 26.4 Å². The number of benzene rings is 1. The molecule has 1 heterocycles. The average molecular weight is 347 g/mol. The summed E-state index contributed by atoms with van der Waals surface area (Å²) in [6.07, 6.45) is 0. The first-order valence-corrected chi connectivity index (χ1v) is 8.39. The smallest absolute Gasteiger partial charge is 0.337 e. The molecule has 1 aromatic heterocycles. The Morgan fingerprint density at radius 2 is 2.17 bits per heavy atom. The number of thiophene rings is 1. The summed E-state index contributed by atoms with van der Waals surface area (Å²) in [5.41, 5.74) is 0.732. The number of methoxy groups -OCH3 is 1. The number of aromatic hydroxyl groups is 1. The number of aliphatic imine (C=N–C) groups is 1. The fourth-order valence-corrected chi connectivity index (χ4v) is 2.59. The summed E-state index contributed by atoms with van der Waals surface area (Å²) in [5, 5.41) is 18.3.